The molecule has 0 saturated heterocycles. The van der Waals surface area contributed by atoms with Crippen LogP contribution in [0.3, 0.4) is 0 Å². The first-order valence-electron chi connectivity index (χ1n) is 5.68. The molecule has 0 bridgehead atoms. The van der Waals surface area contributed by atoms with Crippen molar-refractivity contribution in [3.63, 3.8) is 0 Å². The van der Waals surface area contributed by atoms with Crippen LogP contribution >= 0.6 is 0 Å². The number of anilines is 1. The van der Waals surface area contributed by atoms with Crippen molar-refractivity contribution in [2.45, 2.75) is 12.8 Å². The molecule has 94 valence electrons. The normalized spacial score (nSPS) is 10.5. The van der Waals surface area contributed by atoms with Gasteiger partial charge < -0.3 is 15.3 Å². The van der Waals surface area contributed by atoms with Crippen molar-refractivity contribution < 1.29 is 9.90 Å². The number of aromatic carboxylic acids is 1. The monoisotopic (exact) mass is 237 g/mol. The number of unbranched alkanes of at least 4 members (excludes halogenated alkanes) is 1. The highest BCUT2D eigenvalue weighted by Gasteiger charge is 2.09. The summed E-state index contributed by atoms with van der Waals surface area (Å²) >= 11 is 0. The van der Waals surface area contributed by atoms with Gasteiger partial charge in [0.05, 0.1) is 0 Å². The summed E-state index contributed by atoms with van der Waals surface area (Å²) < 4.78 is 0. The van der Waals surface area contributed by atoms with Crippen LogP contribution in [0, 0.1) is 0 Å². The predicted molar refractivity (Wildman–Crippen MR) is 67.5 cm³/mol. The zero-order valence-corrected chi connectivity index (χ0v) is 10.3. The van der Waals surface area contributed by atoms with Crippen LogP contribution in [0.25, 0.3) is 0 Å². The molecule has 0 radical (unpaired) electrons. The third-order valence-corrected chi connectivity index (χ3v) is 2.36. The molecule has 2 N–H and O–H groups in total. The highest BCUT2D eigenvalue weighted by molar-refractivity contribution is 5.92. The summed E-state index contributed by atoms with van der Waals surface area (Å²) in [5, 5.41) is 12.0. The number of nitrogens with zero attached hydrogens (tertiary/aromatic N) is 2. The number of pyridine rings is 1. The molecule has 0 atom stereocenters. The van der Waals surface area contributed by atoms with Gasteiger partial charge in [-0.3, -0.25) is 0 Å². The SMILES string of the molecule is CN(C)CCCCNc1ncccc1C(=O)O. The minimum atomic E-state index is -0.950. The topological polar surface area (TPSA) is 65.5 Å². The van der Waals surface area contributed by atoms with Crippen molar-refractivity contribution in [2.75, 3.05) is 32.5 Å². The number of carboxylic acid groups (broad SMARTS) is 1. The molecule has 0 spiro atoms. The minimum absolute atomic E-state index is 0.222. The van der Waals surface area contributed by atoms with Crippen LogP contribution < -0.4 is 5.32 Å². The molecule has 1 aromatic rings. The Morgan fingerprint density at radius 2 is 2.24 bits per heavy atom. The number of rotatable bonds is 7. The molecular formula is C12H19N3O2. The lowest BCUT2D eigenvalue weighted by molar-refractivity contribution is 0.0697. The maximum atomic E-state index is 10.9. The molecule has 1 aromatic heterocycles. The third-order valence-electron chi connectivity index (χ3n) is 2.36. The summed E-state index contributed by atoms with van der Waals surface area (Å²) in [6, 6.07) is 3.18. The Labute approximate surface area is 101 Å². The number of aromatic nitrogens is 1. The lowest BCUT2D eigenvalue weighted by Gasteiger charge is -2.10. The molecular weight excluding hydrogens is 218 g/mol. The first kappa shape index (κ1) is 13.4. The number of hydrogen-bond acceptors (Lipinski definition) is 4. The first-order valence-corrected chi connectivity index (χ1v) is 5.68. The van der Waals surface area contributed by atoms with Gasteiger partial charge in [-0.15, -0.1) is 0 Å². The Morgan fingerprint density at radius 1 is 1.47 bits per heavy atom. The second kappa shape index (κ2) is 6.85. The van der Waals surface area contributed by atoms with Gasteiger partial charge in [0.1, 0.15) is 11.4 Å². The van der Waals surface area contributed by atoms with Gasteiger partial charge in [-0.2, -0.15) is 0 Å². The van der Waals surface area contributed by atoms with Crippen LogP contribution in [-0.4, -0.2) is 48.1 Å². The predicted octanol–water partition coefficient (Wildman–Crippen LogP) is 1.53. The van der Waals surface area contributed by atoms with Gasteiger partial charge >= 0.3 is 5.97 Å². The molecule has 0 fully saturated rings. The molecule has 0 unspecified atom stereocenters. The van der Waals surface area contributed by atoms with E-state index in [0.29, 0.717) is 5.82 Å². The molecule has 0 amide bonds. The van der Waals surface area contributed by atoms with Gasteiger partial charge in [0.15, 0.2) is 0 Å². The van der Waals surface area contributed by atoms with E-state index in [0.717, 1.165) is 25.9 Å². The Kier molecular flexibility index (Phi) is 5.42. The Bertz CT molecular complexity index is 367. The zero-order valence-electron chi connectivity index (χ0n) is 10.3. The molecule has 5 nitrogen and oxygen atoms in total. The van der Waals surface area contributed by atoms with E-state index in [-0.39, 0.29) is 5.56 Å². The summed E-state index contributed by atoms with van der Waals surface area (Å²) in [6.07, 6.45) is 3.66. The van der Waals surface area contributed by atoms with Crippen molar-refractivity contribution in [1.82, 2.24) is 9.88 Å². The fourth-order valence-corrected chi connectivity index (χ4v) is 1.48. The van der Waals surface area contributed by atoms with E-state index in [1.807, 2.05) is 14.1 Å². The van der Waals surface area contributed by atoms with Crippen molar-refractivity contribution >= 4 is 11.8 Å². The van der Waals surface area contributed by atoms with E-state index in [9.17, 15) is 4.79 Å². The van der Waals surface area contributed by atoms with E-state index >= 15 is 0 Å². The number of carboxylic acids is 1. The van der Waals surface area contributed by atoms with Gasteiger partial charge in [-0.05, 0) is 45.6 Å². The second-order valence-corrected chi connectivity index (χ2v) is 4.14. The van der Waals surface area contributed by atoms with Crippen LogP contribution in [0.15, 0.2) is 18.3 Å². The van der Waals surface area contributed by atoms with Crippen LogP contribution in [0.1, 0.15) is 23.2 Å². The minimum Gasteiger partial charge on any atom is -0.478 e. The van der Waals surface area contributed by atoms with Gasteiger partial charge in [-0.1, -0.05) is 0 Å². The Balaban J connectivity index is 2.39. The number of hydrogen-bond donors (Lipinski definition) is 2. The largest absolute Gasteiger partial charge is 0.478 e. The molecule has 0 aliphatic rings. The van der Waals surface area contributed by atoms with E-state index in [2.05, 4.69) is 15.2 Å². The van der Waals surface area contributed by atoms with E-state index < -0.39 is 5.97 Å². The van der Waals surface area contributed by atoms with E-state index in [1.165, 1.54) is 0 Å². The lowest BCUT2D eigenvalue weighted by Crippen LogP contribution is -2.15. The number of carbonyl (C=O) groups is 1. The molecule has 0 aromatic carbocycles. The first-order chi connectivity index (χ1) is 8.11. The van der Waals surface area contributed by atoms with Crippen LogP contribution in [0.4, 0.5) is 5.82 Å². The van der Waals surface area contributed by atoms with Crippen molar-refractivity contribution in [3.05, 3.63) is 23.9 Å². The second-order valence-electron chi connectivity index (χ2n) is 4.14. The van der Waals surface area contributed by atoms with E-state index in [1.54, 1.807) is 18.3 Å². The molecule has 1 rings (SSSR count). The van der Waals surface area contributed by atoms with Gasteiger partial charge in [-0.25, -0.2) is 9.78 Å². The lowest BCUT2D eigenvalue weighted by atomic mass is 10.2. The number of nitrogens with one attached hydrogen (secondary N) is 1. The van der Waals surface area contributed by atoms with Crippen LogP contribution in [0.2, 0.25) is 0 Å². The van der Waals surface area contributed by atoms with E-state index in [4.69, 9.17) is 5.11 Å². The molecule has 5 heteroatoms. The highest BCUT2D eigenvalue weighted by atomic mass is 16.4. The Hall–Kier alpha value is -1.62. The summed E-state index contributed by atoms with van der Waals surface area (Å²) in [6.45, 7) is 1.78. The highest BCUT2D eigenvalue weighted by Crippen LogP contribution is 2.11. The fraction of sp³-hybridized carbons (Fsp3) is 0.500. The summed E-state index contributed by atoms with van der Waals surface area (Å²) in [4.78, 5) is 17.1. The van der Waals surface area contributed by atoms with Crippen molar-refractivity contribution in [3.8, 4) is 0 Å². The molecule has 1 heterocycles. The molecule has 0 aliphatic heterocycles. The zero-order chi connectivity index (χ0) is 12.7. The summed E-state index contributed by atoms with van der Waals surface area (Å²) in [5.74, 6) is -0.501. The summed E-state index contributed by atoms with van der Waals surface area (Å²) in [5.41, 5.74) is 0.222. The van der Waals surface area contributed by atoms with Gasteiger partial charge in [0.2, 0.25) is 0 Å². The standard InChI is InChI=1S/C12H19N3O2/c1-15(2)9-4-3-7-13-11-10(12(16)17)6-5-8-14-11/h5-6,8H,3-4,7,9H2,1-2H3,(H,13,14)(H,16,17). The molecule has 0 aliphatic carbocycles. The van der Waals surface area contributed by atoms with Crippen LogP contribution in [-0.2, 0) is 0 Å². The smallest absolute Gasteiger partial charge is 0.339 e. The summed E-state index contributed by atoms with van der Waals surface area (Å²) in [7, 11) is 4.07. The van der Waals surface area contributed by atoms with Crippen LogP contribution in [0.5, 0.6) is 0 Å². The quantitative estimate of drug-likeness (QED) is 0.704. The molecule has 0 saturated carbocycles. The maximum Gasteiger partial charge on any atom is 0.339 e. The average molecular weight is 237 g/mol. The fourth-order valence-electron chi connectivity index (χ4n) is 1.48. The van der Waals surface area contributed by atoms with Crippen molar-refractivity contribution in [2.24, 2.45) is 0 Å². The van der Waals surface area contributed by atoms with Crippen molar-refractivity contribution in [1.29, 1.82) is 0 Å². The van der Waals surface area contributed by atoms with Gasteiger partial charge in [0, 0.05) is 12.7 Å². The van der Waals surface area contributed by atoms with Gasteiger partial charge in [0.25, 0.3) is 0 Å². The third kappa shape index (κ3) is 4.82. The molecule has 17 heavy (non-hydrogen) atoms. The Morgan fingerprint density at radius 3 is 2.88 bits per heavy atom. The maximum absolute atomic E-state index is 10.9. The average Bonchev–Trinajstić information content (AvgIpc) is 2.28.